The summed E-state index contributed by atoms with van der Waals surface area (Å²) in [4.78, 5) is 10.3. The molecule has 1 saturated heterocycles. The largest absolute Gasteiger partial charge is 0.368 e. The van der Waals surface area contributed by atoms with Crippen LogP contribution in [0.4, 0.5) is 0 Å². The summed E-state index contributed by atoms with van der Waals surface area (Å²) >= 11 is 0. The molecule has 1 aliphatic rings. The van der Waals surface area contributed by atoms with Gasteiger partial charge in [-0.3, -0.25) is 4.79 Å². The molecular formula is C5H9N2O. The minimum atomic E-state index is -0.275. The lowest BCUT2D eigenvalue weighted by Crippen LogP contribution is -2.31. The maximum atomic E-state index is 10.3. The van der Waals surface area contributed by atoms with Gasteiger partial charge in [0.1, 0.15) is 6.04 Å². The molecule has 0 aromatic rings. The standard InChI is InChI=1S/C5H9N2O/c6-5(8)4-2-1-3-7-4/h4H,1-3H2,(H2,6,8)/t4-/m1/s1. The van der Waals surface area contributed by atoms with Gasteiger partial charge in [-0.15, -0.1) is 0 Å². The van der Waals surface area contributed by atoms with Crippen molar-refractivity contribution in [3.8, 4) is 0 Å². The van der Waals surface area contributed by atoms with Gasteiger partial charge in [0.25, 0.3) is 0 Å². The minimum Gasteiger partial charge on any atom is -0.368 e. The number of amides is 1. The third-order valence-corrected chi connectivity index (χ3v) is 1.31. The predicted molar refractivity (Wildman–Crippen MR) is 29.2 cm³/mol. The summed E-state index contributed by atoms with van der Waals surface area (Å²) in [7, 11) is 0. The van der Waals surface area contributed by atoms with Crippen LogP contribution in [0, 0.1) is 0 Å². The number of hydrogen-bond donors (Lipinski definition) is 1. The Balaban J connectivity index is 2.35. The second-order valence-electron chi connectivity index (χ2n) is 1.97. The van der Waals surface area contributed by atoms with Crippen LogP contribution in [-0.4, -0.2) is 18.5 Å². The average molecular weight is 113 g/mol. The fourth-order valence-corrected chi connectivity index (χ4v) is 0.855. The third-order valence-electron chi connectivity index (χ3n) is 1.31. The lowest BCUT2D eigenvalue weighted by Gasteiger charge is -1.98. The molecule has 0 bridgehead atoms. The molecule has 3 heteroatoms. The Labute approximate surface area is 48.2 Å². The zero-order chi connectivity index (χ0) is 5.98. The number of carbonyl (C=O) groups is 1. The highest BCUT2D eigenvalue weighted by Crippen LogP contribution is 2.04. The van der Waals surface area contributed by atoms with Crippen LogP contribution in [0.5, 0.6) is 0 Å². The molecule has 0 saturated carbocycles. The van der Waals surface area contributed by atoms with E-state index in [1.165, 1.54) is 0 Å². The highest BCUT2D eigenvalue weighted by molar-refractivity contribution is 5.79. The Bertz CT molecular complexity index is 96.6. The molecule has 0 aliphatic carbocycles. The zero-order valence-corrected chi connectivity index (χ0v) is 4.63. The second-order valence-corrected chi connectivity index (χ2v) is 1.97. The van der Waals surface area contributed by atoms with Gasteiger partial charge in [-0.2, -0.15) is 0 Å². The maximum absolute atomic E-state index is 10.3. The Morgan fingerprint density at radius 2 is 2.50 bits per heavy atom. The molecule has 1 aliphatic heterocycles. The molecule has 0 spiro atoms. The van der Waals surface area contributed by atoms with Gasteiger partial charge >= 0.3 is 0 Å². The fourth-order valence-electron chi connectivity index (χ4n) is 0.855. The van der Waals surface area contributed by atoms with E-state index in [0.29, 0.717) is 0 Å². The molecular weight excluding hydrogens is 104 g/mol. The van der Waals surface area contributed by atoms with Gasteiger partial charge in [0, 0.05) is 6.54 Å². The molecule has 45 valence electrons. The van der Waals surface area contributed by atoms with Gasteiger partial charge < -0.3 is 5.73 Å². The smallest absolute Gasteiger partial charge is 0.236 e. The predicted octanol–water partition coefficient (Wildman–Crippen LogP) is -0.762. The number of hydrogen-bond acceptors (Lipinski definition) is 1. The molecule has 1 atom stereocenters. The van der Waals surface area contributed by atoms with Gasteiger partial charge in [0.2, 0.25) is 5.91 Å². The molecule has 1 amide bonds. The van der Waals surface area contributed by atoms with E-state index in [2.05, 4.69) is 5.32 Å². The van der Waals surface area contributed by atoms with Crippen molar-refractivity contribution in [2.24, 2.45) is 5.73 Å². The number of rotatable bonds is 1. The summed E-state index contributed by atoms with van der Waals surface area (Å²) in [6.07, 6.45) is 1.88. The first kappa shape index (κ1) is 5.56. The van der Waals surface area contributed by atoms with Crippen molar-refractivity contribution in [2.75, 3.05) is 6.54 Å². The highest BCUT2D eigenvalue weighted by atomic mass is 16.1. The number of nitrogens with zero attached hydrogens (tertiary/aromatic N) is 1. The van der Waals surface area contributed by atoms with Gasteiger partial charge in [-0.25, -0.2) is 5.32 Å². The third kappa shape index (κ3) is 0.980. The lowest BCUT2D eigenvalue weighted by molar-refractivity contribution is -0.119. The molecule has 1 rings (SSSR count). The van der Waals surface area contributed by atoms with Crippen molar-refractivity contribution in [3.63, 3.8) is 0 Å². The van der Waals surface area contributed by atoms with Crippen LogP contribution in [0.25, 0.3) is 0 Å². The van der Waals surface area contributed by atoms with Crippen LogP contribution < -0.4 is 11.1 Å². The van der Waals surface area contributed by atoms with E-state index in [9.17, 15) is 4.79 Å². The van der Waals surface area contributed by atoms with Crippen molar-refractivity contribution in [2.45, 2.75) is 18.9 Å². The SMILES string of the molecule is NC(=O)[C@H]1CCC[N]1. The molecule has 0 aromatic heterocycles. The lowest BCUT2D eigenvalue weighted by atomic mass is 10.2. The van der Waals surface area contributed by atoms with Gasteiger partial charge in [-0.05, 0) is 12.8 Å². The van der Waals surface area contributed by atoms with E-state index in [-0.39, 0.29) is 11.9 Å². The normalized spacial score (nSPS) is 28.2. The first-order valence-electron chi connectivity index (χ1n) is 2.76. The second kappa shape index (κ2) is 2.13. The van der Waals surface area contributed by atoms with Crippen molar-refractivity contribution < 1.29 is 4.79 Å². The summed E-state index contributed by atoms with van der Waals surface area (Å²) in [5.74, 6) is -0.275. The van der Waals surface area contributed by atoms with Crippen molar-refractivity contribution in [3.05, 3.63) is 0 Å². The summed E-state index contributed by atoms with van der Waals surface area (Å²) in [5.41, 5.74) is 4.97. The summed E-state index contributed by atoms with van der Waals surface area (Å²) < 4.78 is 0. The molecule has 1 fully saturated rings. The van der Waals surface area contributed by atoms with Crippen molar-refractivity contribution in [1.82, 2.24) is 5.32 Å². The van der Waals surface area contributed by atoms with Crippen molar-refractivity contribution in [1.29, 1.82) is 0 Å². The topological polar surface area (TPSA) is 57.2 Å². The summed E-state index contributed by atoms with van der Waals surface area (Å²) in [5, 5.41) is 3.96. The minimum absolute atomic E-state index is 0.171. The van der Waals surface area contributed by atoms with Crippen LogP contribution in [0.2, 0.25) is 0 Å². The molecule has 0 aromatic carbocycles. The molecule has 8 heavy (non-hydrogen) atoms. The number of carbonyl (C=O) groups excluding carboxylic acids is 1. The van der Waals surface area contributed by atoms with E-state index in [4.69, 9.17) is 5.73 Å². The molecule has 3 nitrogen and oxygen atoms in total. The first-order chi connectivity index (χ1) is 3.80. The molecule has 1 heterocycles. The Hall–Kier alpha value is -0.570. The number of nitrogens with two attached hydrogens (primary N) is 1. The maximum Gasteiger partial charge on any atom is 0.236 e. The van der Waals surface area contributed by atoms with Gasteiger partial charge in [0.15, 0.2) is 0 Å². The Kier molecular flexibility index (Phi) is 1.48. The van der Waals surface area contributed by atoms with Gasteiger partial charge in [-0.1, -0.05) is 0 Å². The molecule has 2 N–H and O–H groups in total. The van der Waals surface area contributed by atoms with E-state index >= 15 is 0 Å². The zero-order valence-electron chi connectivity index (χ0n) is 4.63. The van der Waals surface area contributed by atoms with Crippen LogP contribution in [0.1, 0.15) is 12.8 Å². The van der Waals surface area contributed by atoms with Crippen LogP contribution >= 0.6 is 0 Å². The number of primary amides is 1. The molecule has 0 unspecified atom stereocenters. The Morgan fingerprint density at radius 3 is 2.75 bits per heavy atom. The summed E-state index contributed by atoms with van der Waals surface area (Å²) in [6.45, 7) is 0.813. The van der Waals surface area contributed by atoms with Crippen LogP contribution in [-0.2, 0) is 4.79 Å². The average Bonchev–Trinajstić information content (AvgIpc) is 2.12. The monoisotopic (exact) mass is 113 g/mol. The fraction of sp³-hybridized carbons (Fsp3) is 0.800. The van der Waals surface area contributed by atoms with E-state index in [0.717, 1.165) is 19.4 Å². The highest BCUT2D eigenvalue weighted by Gasteiger charge is 2.19. The van der Waals surface area contributed by atoms with E-state index in [1.807, 2.05) is 0 Å². The quantitative estimate of drug-likeness (QED) is 0.477. The van der Waals surface area contributed by atoms with E-state index in [1.54, 1.807) is 0 Å². The Morgan fingerprint density at radius 1 is 1.75 bits per heavy atom. The van der Waals surface area contributed by atoms with E-state index < -0.39 is 0 Å². The van der Waals surface area contributed by atoms with Gasteiger partial charge in [0.05, 0.1) is 0 Å². The van der Waals surface area contributed by atoms with Crippen molar-refractivity contribution >= 4 is 5.91 Å². The van der Waals surface area contributed by atoms with Crippen LogP contribution in [0.15, 0.2) is 0 Å². The first-order valence-corrected chi connectivity index (χ1v) is 2.76. The van der Waals surface area contributed by atoms with Crippen LogP contribution in [0.3, 0.4) is 0 Å². The molecule has 1 radical (unpaired) electrons. The summed E-state index contributed by atoms with van der Waals surface area (Å²) in [6, 6.07) is -0.171.